The molecule has 2 N–H and O–H groups in total. The maximum absolute atomic E-state index is 12.1. The molecular weight excluding hydrogens is 270 g/mol. The molecule has 0 fully saturated rings. The summed E-state index contributed by atoms with van der Waals surface area (Å²) in [6, 6.07) is 9.92. The molecule has 2 heterocycles. The number of carbonyl (C=O) groups excluding carboxylic acids is 1. The monoisotopic (exact) mass is 287 g/mol. The number of aromatic nitrogens is 1. The molecule has 104 valence electrons. The Morgan fingerprint density at radius 2 is 2.05 bits per heavy atom. The maximum Gasteiger partial charge on any atom is 0.280 e. The summed E-state index contributed by atoms with van der Waals surface area (Å²) in [6.07, 6.45) is 1.89. The van der Waals surface area contributed by atoms with E-state index in [9.17, 15) is 4.79 Å². The standard InChI is InChI=1S/C15H17N3OS/c19-14(17-10-11-4-2-1-3-5-11)15-18-12-6-8-16-9-7-13(12)20-15/h1-5,16H,6-10H2,(H,17,19). The van der Waals surface area contributed by atoms with E-state index < -0.39 is 0 Å². The predicted molar refractivity (Wildman–Crippen MR) is 80.0 cm³/mol. The predicted octanol–water partition coefficient (Wildman–Crippen LogP) is 1.76. The van der Waals surface area contributed by atoms with Gasteiger partial charge in [0.05, 0.1) is 5.69 Å². The van der Waals surface area contributed by atoms with Crippen molar-refractivity contribution in [3.63, 3.8) is 0 Å². The van der Waals surface area contributed by atoms with Gasteiger partial charge in [-0.3, -0.25) is 4.79 Å². The fourth-order valence-electron chi connectivity index (χ4n) is 2.26. The maximum atomic E-state index is 12.1. The smallest absolute Gasteiger partial charge is 0.280 e. The number of nitrogens with one attached hydrogen (secondary N) is 2. The molecule has 0 atom stereocenters. The first kappa shape index (κ1) is 13.3. The molecule has 4 nitrogen and oxygen atoms in total. The van der Waals surface area contributed by atoms with Crippen LogP contribution in [-0.2, 0) is 19.4 Å². The quantitative estimate of drug-likeness (QED) is 0.904. The fourth-order valence-corrected chi connectivity index (χ4v) is 3.28. The molecule has 0 aliphatic carbocycles. The fraction of sp³-hybridized carbons (Fsp3) is 0.333. The van der Waals surface area contributed by atoms with Crippen LogP contribution in [0.2, 0.25) is 0 Å². The van der Waals surface area contributed by atoms with Crippen molar-refractivity contribution in [3.8, 4) is 0 Å². The molecule has 1 aliphatic rings. The normalized spacial score (nSPS) is 14.4. The van der Waals surface area contributed by atoms with Crippen LogP contribution >= 0.6 is 11.3 Å². The average Bonchev–Trinajstić information content (AvgIpc) is 2.77. The molecule has 0 saturated carbocycles. The Balaban J connectivity index is 1.65. The molecule has 1 aromatic carbocycles. The molecule has 0 spiro atoms. The van der Waals surface area contributed by atoms with Gasteiger partial charge in [-0.05, 0) is 12.0 Å². The van der Waals surface area contributed by atoms with Crippen molar-refractivity contribution in [1.29, 1.82) is 0 Å². The highest BCUT2D eigenvalue weighted by atomic mass is 32.1. The van der Waals surface area contributed by atoms with Gasteiger partial charge < -0.3 is 10.6 Å². The molecule has 1 aliphatic heterocycles. The zero-order valence-electron chi connectivity index (χ0n) is 11.2. The minimum atomic E-state index is -0.0696. The number of nitrogens with zero attached hydrogens (tertiary/aromatic N) is 1. The van der Waals surface area contributed by atoms with Crippen LogP contribution in [0.3, 0.4) is 0 Å². The molecule has 0 radical (unpaired) electrons. The number of fused-ring (bicyclic) bond motifs is 1. The van der Waals surface area contributed by atoms with Crippen molar-refractivity contribution >= 4 is 17.2 Å². The Kier molecular flexibility index (Phi) is 4.08. The first-order chi connectivity index (χ1) is 9.83. The Morgan fingerprint density at radius 3 is 2.90 bits per heavy atom. The van der Waals surface area contributed by atoms with Gasteiger partial charge in [0.2, 0.25) is 0 Å². The second kappa shape index (κ2) is 6.15. The van der Waals surface area contributed by atoms with E-state index in [2.05, 4.69) is 15.6 Å². The summed E-state index contributed by atoms with van der Waals surface area (Å²) in [5.41, 5.74) is 2.19. The van der Waals surface area contributed by atoms with E-state index in [1.54, 1.807) is 0 Å². The number of carbonyl (C=O) groups is 1. The second-order valence-electron chi connectivity index (χ2n) is 4.81. The summed E-state index contributed by atoms with van der Waals surface area (Å²) in [6.45, 7) is 2.47. The Bertz CT molecular complexity index is 571. The molecule has 2 aromatic rings. The van der Waals surface area contributed by atoms with Crippen LogP contribution in [0.5, 0.6) is 0 Å². The van der Waals surface area contributed by atoms with E-state index in [-0.39, 0.29) is 5.91 Å². The molecule has 1 aromatic heterocycles. The number of thiazole rings is 1. The molecular formula is C15H17N3OS. The number of amides is 1. The van der Waals surface area contributed by atoms with Crippen LogP contribution in [0.1, 0.15) is 25.9 Å². The summed E-state index contributed by atoms with van der Waals surface area (Å²) in [5, 5.41) is 6.87. The van der Waals surface area contributed by atoms with Crippen molar-refractivity contribution in [1.82, 2.24) is 15.6 Å². The lowest BCUT2D eigenvalue weighted by atomic mass is 10.2. The third kappa shape index (κ3) is 3.05. The van der Waals surface area contributed by atoms with E-state index in [0.717, 1.165) is 37.2 Å². The molecule has 0 bridgehead atoms. The lowest BCUT2D eigenvalue weighted by molar-refractivity contribution is 0.0950. The minimum Gasteiger partial charge on any atom is -0.346 e. The number of benzene rings is 1. The van der Waals surface area contributed by atoms with Gasteiger partial charge in [0.1, 0.15) is 0 Å². The van der Waals surface area contributed by atoms with Crippen LogP contribution in [0.4, 0.5) is 0 Å². The van der Waals surface area contributed by atoms with Crippen molar-refractivity contribution in [2.45, 2.75) is 19.4 Å². The SMILES string of the molecule is O=C(NCc1ccccc1)c1nc2c(s1)CCNCC2. The van der Waals surface area contributed by atoms with Gasteiger partial charge in [-0.25, -0.2) is 4.98 Å². The lowest BCUT2D eigenvalue weighted by Crippen LogP contribution is -2.22. The van der Waals surface area contributed by atoms with E-state index in [1.165, 1.54) is 16.2 Å². The second-order valence-corrected chi connectivity index (χ2v) is 5.89. The zero-order valence-corrected chi connectivity index (χ0v) is 12.0. The van der Waals surface area contributed by atoms with Gasteiger partial charge in [0, 0.05) is 30.9 Å². The van der Waals surface area contributed by atoms with Crippen LogP contribution < -0.4 is 10.6 Å². The van der Waals surface area contributed by atoms with Gasteiger partial charge in [0.25, 0.3) is 5.91 Å². The van der Waals surface area contributed by atoms with Crippen LogP contribution in [0.25, 0.3) is 0 Å². The van der Waals surface area contributed by atoms with E-state index in [4.69, 9.17) is 0 Å². The summed E-state index contributed by atoms with van der Waals surface area (Å²) < 4.78 is 0. The highest BCUT2D eigenvalue weighted by molar-refractivity contribution is 7.13. The minimum absolute atomic E-state index is 0.0696. The largest absolute Gasteiger partial charge is 0.346 e. The first-order valence-corrected chi connectivity index (χ1v) is 7.66. The topological polar surface area (TPSA) is 54.0 Å². The van der Waals surface area contributed by atoms with Crippen LogP contribution in [0, 0.1) is 0 Å². The molecule has 0 unspecified atom stereocenters. The Labute approximate surface area is 122 Å². The van der Waals surface area contributed by atoms with Gasteiger partial charge in [-0.15, -0.1) is 11.3 Å². The average molecular weight is 287 g/mol. The third-order valence-electron chi connectivity index (χ3n) is 3.34. The lowest BCUT2D eigenvalue weighted by Gasteiger charge is -2.02. The summed E-state index contributed by atoms with van der Waals surface area (Å²) in [7, 11) is 0. The summed E-state index contributed by atoms with van der Waals surface area (Å²) in [5.74, 6) is -0.0696. The highest BCUT2D eigenvalue weighted by Crippen LogP contribution is 2.21. The van der Waals surface area contributed by atoms with E-state index in [1.807, 2.05) is 30.3 Å². The number of rotatable bonds is 3. The van der Waals surface area contributed by atoms with Crippen LogP contribution in [0.15, 0.2) is 30.3 Å². The van der Waals surface area contributed by atoms with Crippen molar-refractivity contribution in [2.75, 3.05) is 13.1 Å². The van der Waals surface area contributed by atoms with E-state index in [0.29, 0.717) is 11.6 Å². The molecule has 5 heteroatoms. The third-order valence-corrected chi connectivity index (χ3v) is 4.49. The highest BCUT2D eigenvalue weighted by Gasteiger charge is 2.17. The van der Waals surface area contributed by atoms with Gasteiger partial charge in [0.15, 0.2) is 5.01 Å². The molecule has 0 saturated heterocycles. The van der Waals surface area contributed by atoms with Crippen molar-refractivity contribution in [2.24, 2.45) is 0 Å². The first-order valence-electron chi connectivity index (χ1n) is 6.84. The van der Waals surface area contributed by atoms with Gasteiger partial charge >= 0.3 is 0 Å². The Hall–Kier alpha value is -1.72. The molecule has 3 rings (SSSR count). The van der Waals surface area contributed by atoms with Gasteiger partial charge in [-0.2, -0.15) is 0 Å². The molecule has 1 amide bonds. The van der Waals surface area contributed by atoms with Crippen molar-refractivity contribution < 1.29 is 4.79 Å². The summed E-state index contributed by atoms with van der Waals surface area (Å²) >= 11 is 1.53. The number of hydrogen-bond acceptors (Lipinski definition) is 4. The van der Waals surface area contributed by atoms with Gasteiger partial charge in [-0.1, -0.05) is 30.3 Å². The van der Waals surface area contributed by atoms with E-state index >= 15 is 0 Å². The van der Waals surface area contributed by atoms with Crippen molar-refractivity contribution in [3.05, 3.63) is 51.5 Å². The Morgan fingerprint density at radius 1 is 1.25 bits per heavy atom. The zero-order chi connectivity index (χ0) is 13.8. The summed E-state index contributed by atoms with van der Waals surface area (Å²) in [4.78, 5) is 17.9. The molecule has 20 heavy (non-hydrogen) atoms. The number of hydrogen-bond donors (Lipinski definition) is 2. The van der Waals surface area contributed by atoms with Crippen LogP contribution in [-0.4, -0.2) is 24.0 Å².